The molecule has 0 aliphatic heterocycles. The van der Waals surface area contributed by atoms with E-state index in [2.05, 4.69) is 38.2 Å². The van der Waals surface area contributed by atoms with Crippen molar-refractivity contribution in [2.24, 2.45) is 0 Å². The number of allylic oxidation sites excluding steroid dienone is 4. The number of hydrogen-bond acceptors (Lipinski definition) is 9. The van der Waals surface area contributed by atoms with Gasteiger partial charge in [0.15, 0.2) is 0 Å². The van der Waals surface area contributed by atoms with Crippen molar-refractivity contribution in [3.05, 3.63) is 24.3 Å². The normalized spacial score (nSPS) is 14.2. The number of rotatable bonds is 38. The molecule has 3 unspecified atom stereocenters. The molecule has 0 aliphatic rings. The first-order chi connectivity index (χ1) is 24.8. The highest BCUT2D eigenvalue weighted by molar-refractivity contribution is 7.47. The van der Waals surface area contributed by atoms with Crippen LogP contribution in [0.25, 0.3) is 0 Å². The molecular formula is C40H75O10P. The largest absolute Gasteiger partial charge is 0.472 e. The quantitative estimate of drug-likeness (QED) is 0.0241. The van der Waals surface area contributed by atoms with Crippen LogP contribution < -0.4 is 0 Å². The van der Waals surface area contributed by atoms with Crippen molar-refractivity contribution in [2.75, 3.05) is 26.4 Å². The van der Waals surface area contributed by atoms with E-state index in [-0.39, 0.29) is 12.8 Å². The Morgan fingerprint density at radius 2 is 0.863 bits per heavy atom. The zero-order valence-electron chi connectivity index (χ0n) is 32.3. The number of phosphoric ester groups is 1. The second kappa shape index (κ2) is 36.8. The molecule has 0 fully saturated rings. The van der Waals surface area contributed by atoms with E-state index in [1.54, 1.807) is 0 Å². The van der Waals surface area contributed by atoms with Gasteiger partial charge in [0.2, 0.25) is 0 Å². The molecule has 3 N–H and O–H groups in total. The van der Waals surface area contributed by atoms with Crippen LogP contribution in [0.1, 0.15) is 181 Å². The number of hydrogen-bond donors (Lipinski definition) is 3. The van der Waals surface area contributed by atoms with E-state index in [0.29, 0.717) is 12.8 Å². The summed E-state index contributed by atoms with van der Waals surface area (Å²) >= 11 is 0. The Hall–Kier alpha value is -1.55. The van der Waals surface area contributed by atoms with Crippen LogP contribution in [0, 0.1) is 0 Å². The van der Waals surface area contributed by atoms with E-state index in [1.165, 1.54) is 89.9 Å². The summed E-state index contributed by atoms with van der Waals surface area (Å²) in [5.41, 5.74) is 0. The monoisotopic (exact) mass is 747 g/mol. The Labute approximate surface area is 310 Å². The molecule has 11 heteroatoms. The first kappa shape index (κ1) is 49.5. The van der Waals surface area contributed by atoms with Crippen LogP contribution in [0.3, 0.4) is 0 Å². The van der Waals surface area contributed by atoms with Crippen LogP contribution in [0.2, 0.25) is 0 Å². The molecular weight excluding hydrogens is 671 g/mol. The maximum absolute atomic E-state index is 12.3. The summed E-state index contributed by atoms with van der Waals surface area (Å²) in [7, 11) is -4.63. The van der Waals surface area contributed by atoms with Crippen LogP contribution in [-0.2, 0) is 32.7 Å². The summed E-state index contributed by atoms with van der Waals surface area (Å²) in [6.45, 7) is 2.16. The molecule has 0 aromatic rings. The van der Waals surface area contributed by atoms with Crippen LogP contribution in [0.15, 0.2) is 24.3 Å². The maximum Gasteiger partial charge on any atom is 0.472 e. The van der Waals surface area contributed by atoms with E-state index in [1.807, 2.05) is 0 Å². The van der Waals surface area contributed by atoms with Crippen LogP contribution in [0.4, 0.5) is 0 Å². The minimum atomic E-state index is -4.63. The third kappa shape index (κ3) is 35.3. The standard InChI is InChI=1S/C40H75O10P/c1-3-5-7-9-11-13-15-16-17-18-19-20-22-24-26-28-30-32-40(44)50-38(34-42)36-48-51(45,46)47-35-37(33-41)49-39(43)31-29-27-25-23-21-14-12-10-8-6-4-2/h11,13,16-17,37-38,41-42H,3-10,12,14-15,18-36H2,1-2H3,(H,45,46)/b13-11-,17-16-. The van der Waals surface area contributed by atoms with Crippen molar-refractivity contribution >= 4 is 19.8 Å². The second-order valence-corrected chi connectivity index (χ2v) is 15.1. The van der Waals surface area contributed by atoms with Crippen molar-refractivity contribution in [3.8, 4) is 0 Å². The molecule has 0 aromatic carbocycles. The van der Waals surface area contributed by atoms with Gasteiger partial charge in [-0.25, -0.2) is 4.57 Å². The molecule has 0 aliphatic carbocycles. The van der Waals surface area contributed by atoms with Crippen LogP contribution >= 0.6 is 7.82 Å². The highest BCUT2D eigenvalue weighted by atomic mass is 31.2. The van der Waals surface area contributed by atoms with E-state index in [9.17, 15) is 29.3 Å². The number of ether oxygens (including phenoxy) is 2. The molecule has 3 atom stereocenters. The van der Waals surface area contributed by atoms with Crippen molar-refractivity contribution in [1.29, 1.82) is 0 Å². The number of aliphatic hydroxyl groups excluding tert-OH is 2. The van der Waals surface area contributed by atoms with Gasteiger partial charge in [0.1, 0.15) is 12.2 Å². The number of esters is 2. The molecule has 0 radical (unpaired) electrons. The highest BCUT2D eigenvalue weighted by Crippen LogP contribution is 2.43. The Morgan fingerprint density at radius 1 is 0.529 bits per heavy atom. The van der Waals surface area contributed by atoms with E-state index < -0.39 is 58.4 Å². The van der Waals surface area contributed by atoms with Gasteiger partial charge in [-0.2, -0.15) is 0 Å². The molecule has 0 heterocycles. The van der Waals surface area contributed by atoms with Crippen molar-refractivity contribution in [1.82, 2.24) is 0 Å². The highest BCUT2D eigenvalue weighted by Gasteiger charge is 2.27. The average molecular weight is 747 g/mol. The molecule has 0 aromatic heterocycles. The van der Waals surface area contributed by atoms with Gasteiger partial charge in [-0.05, 0) is 44.9 Å². The second-order valence-electron chi connectivity index (χ2n) is 13.6. The molecule has 0 amide bonds. The Morgan fingerprint density at radius 3 is 1.25 bits per heavy atom. The minimum Gasteiger partial charge on any atom is -0.457 e. The number of phosphoric acid groups is 1. The Kier molecular flexibility index (Phi) is 35.7. The zero-order valence-corrected chi connectivity index (χ0v) is 33.2. The number of carbonyl (C=O) groups is 2. The lowest BCUT2D eigenvalue weighted by atomic mass is 10.1. The van der Waals surface area contributed by atoms with E-state index in [4.69, 9.17) is 18.5 Å². The first-order valence-corrected chi connectivity index (χ1v) is 21.8. The molecule has 0 rings (SSSR count). The number of carbonyl (C=O) groups excluding carboxylic acids is 2. The predicted molar refractivity (Wildman–Crippen MR) is 205 cm³/mol. The third-order valence-corrected chi connectivity index (χ3v) is 9.62. The molecule has 51 heavy (non-hydrogen) atoms. The first-order valence-electron chi connectivity index (χ1n) is 20.3. The molecule has 0 bridgehead atoms. The lowest BCUT2D eigenvalue weighted by Crippen LogP contribution is -2.28. The molecule has 0 saturated heterocycles. The predicted octanol–water partition coefficient (Wildman–Crippen LogP) is 10.2. The fourth-order valence-corrected chi connectivity index (χ4v) is 6.28. The summed E-state index contributed by atoms with van der Waals surface area (Å²) in [5, 5.41) is 19.1. The number of aliphatic hydroxyl groups is 2. The smallest absolute Gasteiger partial charge is 0.457 e. The Balaban J connectivity index is 3.95. The van der Waals surface area contributed by atoms with Gasteiger partial charge in [-0.1, -0.05) is 147 Å². The van der Waals surface area contributed by atoms with Gasteiger partial charge in [-0.3, -0.25) is 18.6 Å². The van der Waals surface area contributed by atoms with Gasteiger partial charge in [-0.15, -0.1) is 0 Å². The molecule has 300 valence electrons. The fourth-order valence-electron chi connectivity index (χ4n) is 5.50. The number of unbranched alkanes of at least 4 members (excludes halogenated alkanes) is 20. The van der Waals surface area contributed by atoms with Gasteiger partial charge in [0, 0.05) is 12.8 Å². The summed E-state index contributed by atoms with van der Waals surface area (Å²) in [4.78, 5) is 34.4. The lowest BCUT2D eigenvalue weighted by molar-refractivity contribution is -0.153. The summed E-state index contributed by atoms with van der Waals surface area (Å²) in [6, 6.07) is 0. The summed E-state index contributed by atoms with van der Waals surface area (Å²) in [5.74, 6) is -1.02. The fraction of sp³-hybridized carbons (Fsp3) is 0.850. The molecule has 0 spiro atoms. The maximum atomic E-state index is 12.3. The topological polar surface area (TPSA) is 149 Å². The van der Waals surface area contributed by atoms with Crippen molar-refractivity contribution in [2.45, 2.75) is 193 Å². The summed E-state index contributed by atoms with van der Waals surface area (Å²) in [6.07, 6.45) is 34.4. The van der Waals surface area contributed by atoms with Gasteiger partial charge in [0.05, 0.1) is 26.4 Å². The van der Waals surface area contributed by atoms with Gasteiger partial charge >= 0.3 is 19.8 Å². The lowest BCUT2D eigenvalue weighted by Gasteiger charge is -2.20. The van der Waals surface area contributed by atoms with Crippen molar-refractivity contribution in [3.63, 3.8) is 0 Å². The van der Waals surface area contributed by atoms with Crippen molar-refractivity contribution < 1.29 is 47.8 Å². The SMILES string of the molecule is CCCCC/C=C\C/C=C\CCCCCCCCCC(=O)OC(CO)COP(=O)(O)OCC(CO)OC(=O)CCCCCCCCCCCCC. The van der Waals surface area contributed by atoms with Gasteiger partial charge < -0.3 is 24.6 Å². The van der Waals surface area contributed by atoms with Crippen LogP contribution in [-0.4, -0.2) is 65.7 Å². The van der Waals surface area contributed by atoms with E-state index in [0.717, 1.165) is 51.4 Å². The average Bonchev–Trinajstić information content (AvgIpc) is 3.12. The molecule has 10 nitrogen and oxygen atoms in total. The zero-order chi connectivity index (χ0) is 37.7. The van der Waals surface area contributed by atoms with Crippen LogP contribution in [0.5, 0.6) is 0 Å². The molecule has 0 saturated carbocycles. The Bertz CT molecular complexity index is 910. The van der Waals surface area contributed by atoms with E-state index >= 15 is 0 Å². The minimum absolute atomic E-state index is 0.185. The third-order valence-electron chi connectivity index (χ3n) is 8.67. The van der Waals surface area contributed by atoms with Gasteiger partial charge in [0.25, 0.3) is 0 Å². The summed E-state index contributed by atoms with van der Waals surface area (Å²) < 4.78 is 32.5.